The Morgan fingerprint density at radius 2 is 1.86 bits per heavy atom. The van der Waals surface area contributed by atoms with E-state index in [1.807, 2.05) is 27.9 Å². The van der Waals surface area contributed by atoms with Crippen molar-refractivity contribution in [2.24, 2.45) is 0 Å². The number of hydrogen-bond donors (Lipinski definition) is 0. The predicted octanol–water partition coefficient (Wildman–Crippen LogP) is 2.20. The van der Waals surface area contributed by atoms with E-state index in [-0.39, 0.29) is 11.9 Å². The quantitative estimate of drug-likeness (QED) is 0.692. The number of ether oxygens (including phenoxy) is 3. The van der Waals surface area contributed by atoms with Crippen LogP contribution in [0.25, 0.3) is 0 Å². The second-order valence-corrected chi connectivity index (χ2v) is 7.34. The summed E-state index contributed by atoms with van der Waals surface area (Å²) < 4.78 is 18.1. The van der Waals surface area contributed by atoms with Crippen molar-refractivity contribution < 1.29 is 19.0 Å². The van der Waals surface area contributed by atoms with E-state index >= 15 is 0 Å². The summed E-state index contributed by atoms with van der Waals surface area (Å²) in [5.41, 5.74) is 2.02. The van der Waals surface area contributed by atoms with Crippen LogP contribution in [0.1, 0.15) is 42.5 Å². The van der Waals surface area contributed by atoms with Crippen molar-refractivity contribution in [3.63, 3.8) is 0 Å². The monoisotopic (exact) mass is 386 g/mol. The van der Waals surface area contributed by atoms with E-state index in [2.05, 4.69) is 10.3 Å². The second kappa shape index (κ2) is 7.69. The van der Waals surface area contributed by atoms with Gasteiger partial charge in [-0.2, -0.15) is 0 Å². The fourth-order valence-corrected chi connectivity index (χ4v) is 3.62. The van der Waals surface area contributed by atoms with E-state index in [1.54, 1.807) is 21.3 Å². The van der Waals surface area contributed by atoms with Crippen LogP contribution in [-0.4, -0.2) is 60.2 Å². The normalized spacial score (nSPS) is 16.6. The van der Waals surface area contributed by atoms with Gasteiger partial charge in [-0.3, -0.25) is 4.79 Å². The summed E-state index contributed by atoms with van der Waals surface area (Å²) in [6.45, 7) is 1.38. The number of likely N-dealkylation sites (tertiary alicyclic amines) is 1. The fourth-order valence-electron chi connectivity index (χ4n) is 3.62. The van der Waals surface area contributed by atoms with Crippen molar-refractivity contribution in [2.75, 3.05) is 34.4 Å². The lowest BCUT2D eigenvalue weighted by Gasteiger charge is -2.39. The number of benzene rings is 1. The van der Waals surface area contributed by atoms with E-state index in [9.17, 15) is 4.79 Å². The Morgan fingerprint density at radius 3 is 2.50 bits per heavy atom. The first kappa shape index (κ1) is 18.6. The van der Waals surface area contributed by atoms with Crippen LogP contribution in [0, 0.1) is 0 Å². The molecule has 2 heterocycles. The molecule has 2 aromatic rings. The molecule has 1 saturated heterocycles. The van der Waals surface area contributed by atoms with Crippen molar-refractivity contribution in [2.45, 2.75) is 37.6 Å². The van der Waals surface area contributed by atoms with Gasteiger partial charge in [0.25, 0.3) is 0 Å². The topological polar surface area (TPSA) is 78.7 Å². The molecule has 1 aromatic carbocycles. The highest BCUT2D eigenvalue weighted by Crippen LogP contribution is 2.40. The molecule has 2 aliphatic rings. The molecule has 2 fully saturated rings. The van der Waals surface area contributed by atoms with Crippen LogP contribution in [0.15, 0.2) is 18.3 Å². The summed E-state index contributed by atoms with van der Waals surface area (Å²) in [5, 5.41) is 8.48. The van der Waals surface area contributed by atoms with Gasteiger partial charge >= 0.3 is 0 Å². The van der Waals surface area contributed by atoms with E-state index in [0.29, 0.717) is 49.1 Å². The lowest BCUT2D eigenvalue weighted by molar-refractivity contribution is -0.137. The molecule has 0 atom stereocenters. The lowest BCUT2D eigenvalue weighted by Crippen LogP contribution is -2.51. The van der Waals surface area contributed by atoms with Crippen LogP contribution in [0.5, 0.6) is 17.2 Å². The smallest absolute Gasteiger partial charge is 0.223 e. The van der Waals surface area contributed by atoms with E-state index in [0.717, 1.165) is 11.3 Å². The molecule has 1 aliphatic heterocycles. The number of carbonyl (C=O) groups excluding carboxylic acids is 1. The largest absolute Gasteiger partial charge is 0.493 e. The lowest BCUT2D eigenvalue weighted by atomic mass is 10.0. The van der Waals surface area contributed by atoms with Crippen LogP contribution in [0.3, 0.4) is 0 Å². The Kier molecular flexibility index (Phi) is 5.11. The molecule has 0 unspecified atom stereocenters. The van der Waals surface area contributed by atoms with Gasteiger partial charge in [-0.05, 0) is 30.9 Å². The van der Waals surface area contributed by atoms with Crippen molar-refractivity contribution in [1.29, 1.82) is 0 Å². The van der Waals surface area contributed by atoms with Gasteiger partial charge in [-0.1, -0.05) is 11.3 Å². The Labute approximate surface area is 164 Å². The average Bonchev–Trinajstić information content (AvgIpc) is 3.42. The molecule has 0 N–H and O–H groups in total. The maximum atomic E-state index is 12.6. The number of rotatable bonds is 8. The summed E-state index contributed by atoms with van der Waals surface area (Å²) in [5.74, 6) is 2.51. The summed E-state index contributed by atoms with van der Waals surface area (Å²) in [4.78, 5) is 14.4. The number of nitrogens with zero attached hydrogens (tertiary/aromatic N) is 4. The molecule has 1 aromatic heterocycles. The molecule has 1 saturated carbocycles. The zero-order chi connectivity index (χ0) is 19.7. The van der Waals surface area contributed by atoms with Crippen LogP contribution >= 0.6 is 0 Å². The zero-order valence-electron chi connectivity index (χ0n) is 16.6. The van der Waals surface area contributed by atoms with Gasteiger partial charge in [0.1, 0.15) is 0 Å². The summed E-state index contributed by atoms with van der Waals surface area (Å²) >= 11 is 0. The maximum absolute atomic E-state index is 12.6. The highest BCUT2D eigenvalue weighted by Gasteiger charge is 2.34. The van der Waals surface area contributed by atoms with Gasteiger partial charge < -0.3 is 19.1 Å². The molecule has 8 nitrogen and oxygen atoms in total. The minimum Gasteiger partial charge on any atom is -0.493 e. The second-order valence-electron chi connectivity index (χ2n) is 7.34. The minimum absolute atomic E-state index is 0.135. The predicted molar refractivity (Wildman–Crippen MR) is 102 cm³/mol. The molecule has 1 amide bonds. The van der Waals surface area contributed by atoms with Crippen LogP contribution < -0.4 is 14.2 Å². The number of carbonyl (C=O) groups is 1. The molecule has 150 valence electrons. The number of methoxy groups -OCH3 is 3. The third-order valence-electron chi connectivity index (χ3n) is 5.51. The Balaban J connectivity index is 1.32. The molecule has 1 aliphatic carbocycles. The Morgan fingerprint density at radius 1 is 1.11 bits per heavy atom. The highest BCUT2D eigenvalue weighted by atomic mass is 16.5. The number of amides is 1. The summed E-state index contributed by atoms with van der Waals surface area (Å²) in [7, 11) is 4.76. The van der Waals surface area contributed by atoms with E-state index in [1.165, 1.54) is 12.8 Å². The first-order chi connectivity index (χ1) is 13.6. The molecule has 4 rings (SSSR count). The van der Waals surface area contributed by atoms with Crippen LogP contribution in [-0.2, 0) is 11.2 Å². The van der Waals surface area contributed by atoms with Gasteiger partial charge in [0, 0.05) is 31.6 Å². The van der Waals surface area contributed by atoms with E-state index < -0.39 is 0 Å². The van der Waals surface area contributed by atoms with Crippen molar-refractivity contribution in [1.82, 2.24) is 19.9 Å². The molecule has 0 spiro atoms. The molecule has 28 heavy (non-hydrogen) atoms. The first-order valence-electron chi connectivity index (χ1n) is 9.62. The Hall–Kier alpha value is -2.77. The van der Waals surface area contributed by atoms with Gasteiger partial charge in [0.2, 0.25) is 11.7 Å². The van der Waals surface area contributed by atoms with Gasteiger partial charge in [0.05, 0.1) is 33.1 Å². The van der Waals surface area contributed by atoms with Crippen LogP contribution in [0.2, 0.25) is 0 Å². The highest BCUT2D eigenvalue weighted by molar-refractivity contribution is 5.77. The van der Waals surface area contributed by atoms with Gasteiger partial charge in [0.15, 0.2) is 11.5 Å². The minimum atomic E-state index is 0.135. The Bertz CT molecular complexity index is 856. The molecular formula is C20H26N4O4. The molecule has 8 heteroatoms. The molecule has 0 radical (unpaired) electrons. The standard InChI is InChI=1S/C20H26N4O4/c1-26-17-8-6-14(19(27-2)20(17)28-3)7-9-18(25)23-10-15(11-23)24-12-16(21-22-24)13-4-5-13/h6,8,12-13,15H,4-5,7,9-11H2,1-3H3. The third-order valence-corrected chi connectivity index (χ3v) is 5.51. The summed E-state index contributed by atoms with van der Waals surface area (Å²) in [6, 6.07) is 3.99. The SMILES string of the molecule is COc1ccc(CCC(=O)N2CC(n3cc(C4CC4)nn3)C2)c(OC)c1OC. The number of aromatic nitrogens is 3. The molecule has 0 bridgehead atoms. The molecular weight excluding hydrogens is 360 g/mol. The number of hydrogen-bond acceptors (Lipinski definition) is 6. The fraction of sp³-hybridized carbons (Fsp3) is 0.550. The van der Waals surface area contributed by atoms with Crippen LogP contribution in [0.4, 0.5) is 0 Å². The zero-order valence-corrected chi connectivity index (χ0v) is 16.6. The van der Waals surface area contributed by atoms with Gasteiger partial charge in [-0.15, -0.1) is 5.10 Å². The third kappa shape index (κ3) is 3.50. The van der Waals surface area contributed by atoms with Crippen molar-refractivity contribution >= 4 is 5.91 Å². The number of aryl methyl sites for hydroxylation is 1. The first-order valence-corrected chi connectivity index (χ1v) is 9.62. The summed E-state index contributed by atoms with van der Waals surface area (Å²) in [6.07, 6.45) is 5.47. The van der Waals surface area contributed by atoms with E-state index in [4.69, 9.17) is 14.2 Å². The van der Waals surface area contributed by atoms with Gasteiger partial charge in [-0.25, -0.2) is 4.68 Å². The maximum Gasteiger partial charge on any atom is 0.223 e. The van der Waals surface area contributed by atoms with Crippen molar-refractivity contribution in [3.05, 3.63) is 29.6 Å². The van der Waals surface area contributed by atoms with Crippen molar-refractivity contribution in [3.8, 4) is 17.2 Å². The average molecular weight is 386 g/mol.